The highest BCUT2D eigenvalue weighted by atomic mass is 127. The van der Waals surface area contributed by atoms with E-state index < -0.39 is 6.04 Å². The van der Waals surface area contributed by atoms with Gasteiger partial charge in [0, 0.05) is 10.9 Å². The maximum Gasteiger partial charge on any atom is 0.150 e. The number of fused-ring (bicyclic) bond motifs is 1. The van der Waals surface area contributed by atoms with E-state index in [2.05, 4.69) is 37.9 Å². The summed E-state index contributed by atoms with van der Waals surface area (Å²) in [6.45, 7) is 1.90. The van der Waals surface area contributed by atoms with Gasteiger partial charge in [-0.3, -0.25) is 0 Å². The number of nitrogens with zero attached hydrogens (tertiary/aromatic N) is 4. The van der Waals surface area contributed by atoms with Crippen LogP contribution in [0.2, 0.25) is 0 Å². The first-order valence-electron chi connectivity index (χ1n) is 9.68. The molecule has 2 aromatic carbocycles. The average molecular weight is 540 g/mol. The van der Waals surface area contributed by atoms with Crippen molar-refractivity contribution in [2.75, 3.05) is 15.7 Å². The van der Waals surface area contributed by atoms with Gasteiger partial charge >= 0.3 is 0 Å². The highest BCUT2D eigenvalue weighted by Gasteiger charge is 2.23. The van der Waals surface area contributed by atoms with Crippen LogP contribution in [-0.2, 0) is 0 Å². The molecule has 0 aliphatic heterocycles. The molecule has 0 saturated carbocycles. The third-order valence-corrected chi connectivity index (χ3v) is 5.25. The zero-order valence-electron chi connectivity index (χ0n) is 17.0. The van der Waals surface area contributed by atoms with E-state index in [4.69, 9.17) is 15.5 Å². The standard InChI is InChI=1S/C23H18FIN6O/c1-13(30-23-17(10-26)22(27)28-12-29-23)20-19(14-5-3-2-4-6-14)21(32-11-25)16-9-15(24)7-8-18(16)31-20/h2-9,12-13H,11H2,1H3,(H3,27,28,29,30)/t13-/m1/s1. The zero-order chi connectivity index (χ0) is 22.7. The zero-order valence-corrected chi connectivity index (χ0v) is 19.2. The summed E-state index contributed by atoms with van der Waals surface area (Å²) in [5.41, 5.74) is 8.86. The second-order valence-electron chi connectivity index (χ2n) is 6.94. The Hall–Kier alpha value is -3.52. The maximum absolute atomic E-state index is 14.1. The summed E-state index contributed by atoms with van der Waals surface area (Å²) in [6, 6.07) is 15.7. The molecule has 0 unspecified atom stereocenters. The van der Waals surface area contributed by atoms with Crippen molar-refractivity contribution in [3.05, 3.63) is 71.9 Å². The van der Waals surface area contributed by atoms with Crippen LogP contribution in [0.1, 0.15) is 24.2 Å². The van der Waals surface area contributed by atoms with Crippen molar-refractivity contribution < 1.29 is 9.13 Å². The van der Waals surface area contributed by atoms with Gasteiger partial charge in [-0.15, -0.1) is 0 Å². The summed E-state index contributed by atoms with van der Waals surface area (Å²) >= 11 is 2.11. The van der Waals surface area contributed by atoms with Gasteiger partial charge in [0.1, 0.15) is 45.8 Å². The third-order valence-electron chi connectivity index (χ3n) is 4.94. The second-order valence-corrected chi connectivity index (χ2v) is 7.57. The molecule has 0 radical (unpaired) electrons. The summed E-state index contributed by atoms with van der Waals surface area (Å²) in [7, 11) is 0. The van der Waals surface area contributed by atoms with E-state index in [1.54, 1.807) is 6.07 Å². The van der Waals surface area contributed by atoms with Gasteiger partial charge in [0.05, 0.1) is 17.3 Å². The molecule has 0 aliphatic rings. The molecule has 0 bridgehead atoms. The van der Waals surface area contributed by atoms with Crippen LogP contribution < -0.4 is 15.8 Å². The van der Waals surface area contributed by atoms with Gasteiger partial charge in [-0.1, -0.05) is 30.3 Å². The van der Waals surface area contributed by atoms with Gasteiger partial charge in [-0.25, -0.2) is 19.3 Å². The van der Waals surface area contributed by atoms with Crippen LogP contribution >= 0.6 is 22.6 Å². The van der Waals surface area contributed by atoms with Crippen LogP contribution in [-0.4, -0.2) is 19.6 Å². The summed E-state index contributed by atoms with van der Waals surface area (Å²) < 4.78 is 20.5. The van der Waals surface area contributed by atoms with Crippen molar-refractivity contribution in [3.8, 4) is 22.9 Å². The highest BCUT2D eigenvalue weighted by Crippen LogP contribution is 2.41. The molecular formula is C23H18FIN6O. The maximum atomic E-state index is 14.1. The fraction of sp³-hybridized carbons (Fsp3) is 0.130. The molecule has 3 N–H and O–H groups in total. The number of nitrogen functional groups attached to an aromatic ring is 1. The number of anilines is 2. The minimum Gasteiger partial charge on any atom is -0.482 e. The van der Waals surface area contributed by atoms with Crippen molar-refractivity contribution in [2.45, 2.75) is 13.0 Å². The SMILES string of the molecule is C[C@@H](Nc1ncnc(N)c1C#N)c1nc2ccc(F)cc2c(OCI)c1-c1ccccc1. The number of alkyl halides is 1. The fourth-order valence-corrected chi connectivity index (χ4v) is 3.83. The van der Waals surface area contributed by atoms with E-state index >= 15 is 0 Å². The van der Waals surface area contributed by atoms with E-state index in [-0.39, 0.29) is 17.2 Å². The van der Waals surface area contributed by atoms with E-state index in [0.717, 1.165) is 11.1 Å². The number of hydrogen-bond donors (Lipinski definition) is 2. The molecule has 1 atom stereocenters. The third kappa shape index (κ3) is 4.13. The number of ether oxygens (including phenoxy) is 1. The van der Waals surface area contributed by atoms with Crippen molar-refractivity contribution in [1.82, 2.24) is 15.0 Å². The number of pyridine rings is 1. The highest BCUT2D eigenvalue weighted by molar-refractivity contribution is 14.1. The first kappa shape index (κ1) is 21.7. The molecule has 0 amide bonds. The van der Waals surface area contributed by atoms with Crippen molar-refractivity contribution in [3.63, 3.8) is 0 Å². The quantitative estimate of drug-likeness (QED) is 0.255. The Labute approximate surface area is 197 Å². The summed E-state index contributed by atoms with van der Waals surface area (Å²) in [5.74, 6) is 0.576. The largest absolute Gasteiger partial charge is 0.482 e. The van der Waals surface area contributed by atoms with Crippen LogP contribution in [0.5, 0.6) is 5.75 Å². The van der Waals surface area contributed by atoms with Crippen molar-refractivity contribution in [1.29, 1.82) is 5.26 Å². The van der Waals surface area contributed by atoms with Crippen LogP contribution in [0.25, 0.3) is 22.0 Å². The number of benzene rings is 2. The smallest absolute Gasteiger partial charge is 0.150 e. The predicted molar refractivity (Wildman–Crippen MR) is 130 cm³/mol. The number of nitrogens with one attached hydrogen (secondary N) is 1. The Bertz CT molecular complexity index is 1330. The second kappa shape index (κ2) is 9.32. The average Bonchev–Trinajstić information content (AvgIpc) is 2.80. The Balaban J connectivity index is 1.95. The monoisotopic (exact) mass is 540 g/mol. The topological polar surface area (TPSA) is 110 Å². The number of aromatic nitrogens is 3. The lowest BCUT2D eigenvalue weighted by molar-refractivity contribution is 0.409. The Morgan fingerprint density at radius 1 is 1.22 bits per heavy atom. The van der Waals surface area contributed by atoms with Crippen LogP contribution in [0.3, 0.4) is 0 Å². The molecular weight excluding hydrogens is 522 g/mol. The minimum atomic E-state index is -0.391. The van der Waals surface area contributed by atoms with Crippen LogP contribution in [0.15, 0.2) is 54.9 Å². The van der Waals surface area contributed by atoms with Crippen molar-refractivity contribution in [2.24, 2.45) is 0 Å². The molecule has 7 nitrogen and oxygen atoms in total. The molecule has 2 heterocycles. The predicted octanol–water partition coefficient (Wildman–Crippen LogP) is 5.23. The molecule has 9 heteroatoms. The van der Waals surface area contributed by atoms with Gasteiger partial charge in [-0.05, 0) is 53.3 Å². The van der Waals surface area contributed by atoms with Crippen LogP contribution in [0.4, 0.5) is 16.0 Å². The lowest BCUT2D eigenvalue weighted by atomic mass is 9.96. The fourth-order valence-electron chi connectivity index (χ4n) is 3.52. The van der Waals surface area contributed by atoms with E-state index in [9.17, 15) is 9.65 Å². The van der Waals surface area contributed by atoms with Gasteiger partial charge in [0.2, 0.25) is 0 Å². The van der Waals surface area contributed by atoms with E-state index in [1.807, 2.05) is 43.3 Å². The van der Waals surface area contributed by atoms with Crippen molar-refractivity contribution >= 4 is 45.1 Å². The Kier molecular flexibility index (Phi) is 6.32. The Morgan fingerprint density at radius 3 is 2.72 bits per heavy atom. The number of hydrogen-bond acceptors (Lipinski definition) is 7. The molecule has 4 aromatic rings. The number of halogens is 2. The van der Waals surface area contributed by atoms with Gasteiger partial charge in [0.25, 0.3) is 0 Å². The Morgan fingerprint density at radius 2 is 2.00 bits per heavy atom. The molecule has 0 aliphatic carbocycles. The number of nitriles is 1. The normalized spacial score (nSPS) is 11.7. The molecule has 0 saturated heterocycles. The molecule has 0 spiro atoms. The first-order valence-corrected chi connectivity index (χ1v) is 11.2. The van der Waals surface area contributed by atoms with Gasteiger partial charge in [0.15, 0.2) is 0 Å². The molecule has 32 heavy (non-hydrogen) atoms. The van der Waals surface area contributed by atoms with Crippen LogP contribution in [0, 0.1) is 17.1 Å². The number of rotatable bonds is 6. The van der Waals surface area contributed by atoms with E-state index in [0.29, 0.717) is 32.8 Å². The molecule has 2 aromatic heterocycles. The lowest BCUT2D eigenvalue weighted by Crippen LogP contribution is -2.14. The summed E-state index contributed by atoms with van der Waals surface area (Å²) in [6.07, 6.45) is 1.30. The summed E-state index contributed by atoms with van der Waals surface area (Å²) in [5, 5.41) is 13.3. The van der Waals surface area contributed by atoms with Gasteiger partial charge in [-0.2, -0.15) is 5.26 Å². The first-order chi connectivity index (χ1) is 15.5. The number of nitrogens with two attached hydrogens (primary N) is 1. The molecule has 160 valence electrons. The molecule has 0 fully saturated rings. The lowest BCUT2D eigenvalue weighted by Gasteiger charge is -2.22. The van der Waals surface area contributed by atoms with Gasteiger partial charge < -0.3 is 15.8 Å². The molecule has 4 rings (SSSR count). The minimum absolute atomic E-state index is 0.0939. The summed E-state index contributed by atoms with van der Waals surface area (Å²) in [4.78, 5) is 12.9. The van der Waals surface area contributed by atoms with E-state index in [1.165, 1.54) is 18.5 Å².